The van der Waals surface area contributed by atoms with E-state index >= 15 is 0 Å². The summed E-state index contributed by atoms with van der Waals surface area (Å²) < 4.78 is 36.8. The fraction of sp³-hybridized carbons (Fsp3) is 0.333. The molecule has 1 aromatic heterocycles. The number of aryl methyl sites for hydroxylation is 1. The first-order valence-electron chi connectivity index (χ1n) is 5.96. The van der Waals surface area contributed by atoms with E-state index in [4.69, 9.17) is 9.47 Å². The number of methoxy groups -OCH3 is 2. The maximum Gasteiger partial charge on any atom is 0.270 e. The summed E-state index contributed by atoms with van der Waals surface area (Å²) in [5.74, 6) is 1.19. The molecular weight excluding hydrogens is 314 g/mol. The number of nitrogens with one attached hydrogen (secondary N) is 1. The molecule has 1 N–H and O–H groups in total. The largest absolute Gasteiger partial charge is 0.497 e. The predicted octanol–water partition coefficient (Wildman–Crippen LogP) is 1.34. The molecule has 0 aliphatic carbocycles. The lowest BCUT2D eigenvalue weighted by Crippen LogP contribution is -2.23. The molecule has 0 saturated heterocycles. The van der Waals surface area contributed by atoms with Gasteiger partial charge in [-0.3, -0.25) is 0 Å². The number of nitrogens with zero attached hydrogens (tertiary/aromatic N) is 2. The Kier molecular flexibility index (Phi) is 4.76. The van der Waals surface area contributed by atoms with Crippen LogP contribution >= 0.6 is 11.3 Å². The summed E-state index contributed by atoms with van der Waals surface area (Å²) >= 11 is 1.02. The zero-order valence-electron chi connectivity index (χ0n) is 11.8. The molecule has 0 fully saturated rings. The molecular formula is C12H15N3O4S2. The van der Waals surface area contributed by atoms with Crippen molar-refractivity contribution in [3.05, 3.63) is 28.8 Å². The van der Waals surface area contributed by atoms with E-state index in [0.29, 0.717) is 16.5 Å². The smallest absolute Gasteiger partial charge is 0.270 e. The molecule has 114 valence electrons. The Morgan fingerprint density at radius 2 is 1.76 bits per heavy atom. The highest BCUT2D eigenvalue weighted by molar-refractivity contribution is 7.91. The summed E-state index contributed by atoms with van der Waals surface area (Å²) in [4.78, 5) is 0. The van der Waals surface area contributed by atoms with Crippen LogP contribution in [0.4, 0.5) is 0 Å². The van der Waals surface area contributed by atoms with Gasteiger partial charge in [0.05, 0.1) is 14.2 Å². The van der Waals surface area contributed by atoms with Gasteiger partial charge >= 0.3 is 0 Å². The second-order valence-corrected chi connectivity index (χ2v) is 7.25. The molecule has 2 aromatic rings. The van der Waals surface area contributed by atoms with Crippen LogP contribution in [-0.4, -0.2) is 32.8 Å². The van der Waals surface area contributed by atoms with E-state index in [0.717, 1.165) is 16.9 Å². The van der Waals surface area contributed by atoms with Crippen molar-refractivity contribution in [3.63, 3.8) is 0 Å². The Labute approximate surface area is 127 Å². The minimum atomic E-state index is -3.66. The topological polar surface area (TPSA) is 90.4 Å². The third-order valence-corrected chi connectivity index (χ3v) is 5.22. The van der Waals surface area contributed by atoms with Crippen LogP contribution in [0, 0.1) is 6.92 Å². The van der Waals surface area contributed by atoms with Gasteiger partial charge in [0.2, 0.25) is 4.34 Å². The molecule has 0 bridgehead atoms. The lowest BCUT2D eigenvalue weighted by Gasteiger charge is -2.09. The second kappa shape index (κ2) is 6.37. The first-order valence-corrected chi connectivity index (χ1v) is 8.26. The SMILES string of the molecule is COc1cc(CNS(=O)(=O)c2nnc(C)s2)cc(OC)c1. The standard InChI is InChI=1S/C12H15N3O4S2/c1-8-14-15-12(20-8)21(16,17)13-7-9-4-10(18-2)6-11(5-9)19-3/h4-6,13H,7H2,1-3H3. The fourth-order valence-corrected chi connectivity index (χ4v) is 3.62. The Hall–Kier alpha value is -1.71. The number of sulfonamides is 1. The van der Waals surface area contributed by atoms with Crippen molar-refractivity contribution in [3.8, 4) is 11.5 Å². The molecule has 0 aliphatic rings. The van der Waals surface area contributed by atoms with Gasteiger partial charge in [0.1, 0.15) is 16.5 Å². The highest BCUT2D eigenvalue weighted by atomic mass is 32.2. The lowest BCUT2D eigenvalue weighted by molar-refractivity contribution is 0.393. The van der Waals surface area contributed by atoms with Gasteiger partial charge in [0.15, 0.2) is 0 Å². The molecule has 1 heterocycles. The van der Waals surface area contributed by atoms with Crippen LogP contribution in [0.1, 0.15) is 10.6 Å². The zero-order chi connectivity index (χ0) is 15.5. The van der Waals surface area contributed by atoms with E-state index < -0.39 is 10.0 Å². The molecule has 7 nitrogen and oxygen atoms in total. The normalized spacial score (nSPS) is 11.4. The number of benzene rings is 1. The van der Waals surface area contributed by atoms with E-state index in [1.54, 1.807) is 25.1 Å². The van der Waals surface area contributed by atoms with Gasteiger partial charge < -0.3 is 9.47 Å². The van der Waals surface area contributed by atoms with E-state index in [9.17, 15) is 8.42 Å². The van der Waals surface area contributed by atoms with Crippen molar-refractivity contribution >= 4 is 21.4 Å². The molecule has 9 heteroatoms. The Morgan fingerprint density at radius 1 is 1.14 bits per heavy atom. The molecule has 0 atom stereocenters. The van der Waals surface area contributed by atoms with Crippen molar-refractivity contribution in [2.45, 2.75) is 17.8 Å². The highest BCUT2D eigenvalue weighted by Crippen LogP contribution is 2.23. The van der Waals surface area contributed by atoms with Gasteiger partial charge in [0, 0.05) is 12.6 Å². The maximum absolute atomic E-state index is 12.1. The number of ether oxygens (including phenoxy) is 2. The molecule has 0 spiro atoms. The van der Waals surface area contributed by atoms with Crippen molar-refractivity contribution in [1.29, 1.82) is 0 Å². The molecule has 2 rings (SSSR count). The molecule has 0 saturated carbocycles. The van der Waals surface area contributed by atoms with Crippen LogP contribution in [0.5, 0.6) is 11.5 Å². The minimum Gasteiger partial charge on any atom is -0.497 e. The quantitative estimate of drug-likeness (QED) is 0.860. The van der Waals surface area contributed by atoms with Gasteiger partial charge in [-0.25, -0.2) is 13.1 Å². The monoisotopic (exact) mass is 329 g/mol. The third-order valence-electron chi connectivity index (χ3n) is 2.61. The van der Waals surface area contributed by atoms with Crippen molar-refractivity contribution in [2.75, 3.05) is 14.2 Å². The van der Waals surface area contributed by atoms with Gasteiger partial charge in [0.25, 0.3) is 10.0 Å². The van der Waals surface area contributed by atoms with Crippen LogP contribution in [0.15, 0.2) is 22.5 Å². The highest BCUT2D eigenvalue weighted by Gasteiger charge is 2.19. The second-order valence-electron chi connectivity index (χ2n) is 4.13. The van der Waals surface area contributed by atoms with Crippen LogP contribution in [-0.2, 0) is 16.6 Å². The summed E-state index contributed by atoms with van der Waals surface area (Å²) in [6.07, 6.45) is 0. The number of hydrogen-bond donors (Lipinski definition) is 1. The predicted molar refractivity (Wildman–Crippen MR) is 78.2 cm³/mol. The van der Waals surface area contributed by atoms with Crippen LogP contribution < -0.4 is 14.2 Å². The van der Waals surface area contributed by atoms with Crippen molar-refractivity contribution in [1.82, 2.24) is 14.9 Å². The summed E-state index contributed by atoms with van der Waals surface area (Å²) in [5, 5.41) is 7.93. The van der Waals surface area contributed by atoms with Crippen molar-refractivity contribution in [2.24, 2.45) is 0 Å². The third kappa shape index (κ3) is 3.90. The number of hydrogen-bond acceptors (Lipinski definition) is 7. The number of rotatable bonds is 6. The van der Waals surface area contributed by atoms with E-state index in [1.807, 2.05) is 0 Å². The average molecular weight is 329 g/mol. The van der Waals surface area contributed by atoms with Gasteiger partial charge in [-0.05, 0) is 24.6 Å². The average Bonchev–Trinajstić information content (AvgIpc) is 2.92. The number of aromatic nitrogens is 2. The van der Waals surface area contributed by atoms with Gasteiger partial charge in [-0.15, -0.1) is 10.2 Å². The van der Waals surface area contributed by atoms with E-state index in [-0.39, 0.29) is 10.9 Å². The van der Waals surface area contributed by atoms with Crippen LogP contribution in [0.25, 0.3) is 0 Å². The van der Waals surface area contributed by atoms with Crippen LogP contribution in [0.2, 0.25) is 0 Å². The Morgan fingerprint density at radius 3 is 2.24 bits per heavy atom. The van der Waals surface area contributed by atoms with Crippen molar-refractivity contribution < 1.29 is 17.9 Å². The fourth-order valence-electron chi connectivity index (χ4n) is 1.60. The molecule has 0 radical (unpaired) electrons. The summed E-state index contributed by atoms with van der Waals surface area (Å²) in [7, 11) is -0.595. The molecule has 0 unspecified atom stereocenters. The zero-order valence-corrected chi connectivity index (χ0v) is 13.4. The first-order chi connectivity index (χ1) is 9.94. The Bertz CT molecular complexity index is 706. The minimum absolute atomic E-state index is 0.0464. The summed E-state index contributed by atoms with van der Waals surface area (Å²) in [6, 6.07) is 5.18. The lowest BCUT2D eigenvalue weighted by atomic mass is 10.2. The summed E-state index contributed by atoms with van der Waals surface area (Å²) in [5.41, 5.74) is 0.719. The van der Waals surface area contributed by atoms with E-state index in [1.165, 1.54) is 14.2 Å². The molecule has 1 aromatic carbocycles. The maximum atomic E-state index is 12.1. The molecule has 0 amide bonds. The van der Waals surface area contributed by atoms with Crippen LogP contribution in [0.3, 0.4) is 0 Å². The van der Waals surface area contributed by atoms with E-state index in [2.05, 4.69) is 14.9 Å². The summed E-state index contributed by atoms with van der Waals surface area (Å²) in [6.45, 7) is 1.80. The van der Waals surface area contributed by atoms with Gasteiger partial charge in [-0.1, -0.05) is 11.3 Å². The molecule has 0 aliphatic heterocycles. The molecule has 21 heavy (non-hydrogen) atoms. The van der Waals surface area contributed by atoms with Gasteiger partial charge in [-0.2, -0.15) is 0 Å². The Balaban J connectivity index is 2.16. The first kappa shape index (κ1) is 15.7.